The Kier molecular flexibility index (Phi) is 5.50. The van der Waals surface area contributed by atoms with Crippen molar-refractivity contribution in [3.05, 3.63) is 20.7 Å². The van der Waals surface area contributed by atoms with Gasteiger partial charge in [0.1, 0.15) is 0 Å². The molecule has 0 radical (unpaired) electrons. The zero-order chi connectivity index (χ0) is 16.2. The highest BCUT2D eigenvalue weighted by Crippen LogP contribution is 2.09. The maximum absolute atomic E-state index is 12.2. The van der Waals surface area contributed by atoms with Crippen molar-refractivity contribution in [2.24, 2.45) is 0 Å². The second-order valence-corrected chi connectivity index (χ2v) is 7.32. The number of carbonyl (C=O) groups is 1. The summed E-state index contributed by atoms with van der Waals surface area (Å²) < 4.78 is 1.86. The highest BCUT2D eigenvalue weighted by Gasteiger charge is 2.23. The summed E-state index contributed by atoms with van der Waals surface area (Å²) in [5.41, 5.74) is 1.05. The molecule has 0 N–H and O–H groups in total. The predicted molar refractivity (Wildman–Crippen MR) is 92.0 cm³/mol. The van der Waals surface area contributed by atoms with Crippen LogP contribution in [-0.4, -0.2) is 77.5 Å². The third kappa shape index (κ3) is 4.22. The third-order valence-corrected chi connectivity index (χ3v) is 5.78. The van der Waals surface area contributed by atoms with Gasteiger partial charge in [-0.05, 0) is 19.8 Å². The monoisotopic (exact) mass is 338 g/mol. The first kappa shape index (κ1) is 16.7. The summed E-state index contributed by atoms with van der Waals surface area (Å²) in [4.78, 5) is 30.7. The Bertz CT molecular complexity index is 583. The summed E-state index contributed by atoms with van der Waals surface area (Å²) in [6.45, 7) is 9.94. The zero-order valence-electron chi connectivity index (χ0n) is 13.9. The molecular formula is C16H26N4O2S. The zero-order valence-corrected chi connectivity index (χ0v) is 14.7. The number of likely N-dealkylation sites (tertiary alicyclic amines) is 1. The Hall–Kier alpha value is -1.18. The molecule has 0 aromatic carbocycles. The molecule has 1 aromatic rings. The number of thiazole rings is 1. The lowest BCUT2D eigenvalue weighted by Crippen LogP contribution is -2.50. The normalized spacial score (nSPS) is 20.3. The van der Waals surface area contributed by atoms with Gasteiger partial charge < -0.3 is 9.47 Å². The van der Waals surface area contributed by atoms with Gasteiger partial charge >= 0.3 is 4.87 Å². The van der Waals surface area contributed by atoms with Crippen LogP contribution in [0.4, 0.5) is 0 Å². The van der Waals surface area contributed by atoms with Crippen LogP contribution in [0.25, 0.3) is 0 Å². The number of hydrogen-bond acceptors (Lipinski definition) is 5. The second-order valence-electron chi connectivity index (χ2n) is 6.50. The summed E-state index contributed by atoms with van der Waals surface area (Å²) in [5.74, 6) is 0.288. The molecular weight excluding hydrogens is 312 g/mol. The van der Waals surface area contributed by atoms with E-state index in [0.29, 0.717) is 6.54 Å². The minimum Gasteiger partial charge on any atom is -0.342 e. The number of carbonyl (C=O) groups excluding carboxylic acids is 1. The Morgan fingerprint density at radius 1 is 1.04 bits per heavy atom. The molecule has 7 heteroatoms. The molecule has 0 spiro atoms. The molecule has 23 heavy (non-hydrogen) atoms. The van der Waals surface area contributed by atoms with Crippen LogP contribution in [0.3, 0.4) is 0 Å². The largest absolute Gasteiger partial charge is 0.342 e. The van der Waals surface area contributed by atoms with Gasteiger partial charge in [0.05, 0.1) is 6.54 Å². The van der Waals surface area contributed by atoms with Crippen molar-refractivity contribution in [3.8, 4) is 0 Å². The Labute approximate surface area is 141 Å². The van der Waals surface area contributed by atoms with E-state index in [9.17, 15) is 9.59 Å². The lowest BCUT2D eigenvalue weighted by atomic mass is 10.3. The summed E-state index contributed by atoms with van der Waals surface area (Å²) in [5, 5.41) is 1.92. The molecule has 0 aliphatic carbocycles. The summed E-state index contributed by atoms with van der Waals surface area (Å²) in [6.07, 6.45) is 2.31. The fraction of sp³-hybridized carbons (Fsp3) is 0.750. The van der Waals surface area contributed by atoms with E-state index in [-0.39, 0.29) is 10.8 Å². The fourth-order valence-corrected chi connectivity index (χ4v) is 4.11. The van der Waals surface area contributed by atoms with Crippen LogP contribution in [0.1, 0.15) is 18.5 Å². The number of nitrogens with zero attached hydrogens (tertiary/aromatic N) is 4. The van der Waals surface area contributed by atoms with Crippen LogP contribution in [0.5, 0.6) is 0 Å². The van der Waals surface area contributed by atoms with Gasteiger partial charge in [0.2, 0.25) is 5.91 Å². The predicted octanol–water partition coefficient (Wildman–Crippen LogP) is 0.458. The molecule has 2 aliphatic rings. The number of aromatic nitrogens is 1. The number of amides is 1. The second kappa shape index (κ2) is 7.59. The molecule has 1 amide bonds. The molecule has 6 nitrogen and oxygen atoms in total. The highest BCUT2D eigenvalue weighted by atomic mass is 32.1. The quantitative estimate of drug-likeness (QED) is 0.783. The van der Waals surface area contributed by atoms with Gasteiger partial charge in [-0.15, -0.1) is 0 Å². The number of hydrogen-bond donors (Lipinski definition) is 0. The molecule has 2 fully saturated rings. The van der Waals surface area contributed by atoms with Crippen LogP contribution in [-0.2, 0) is 11.3 Å². The molecule has 2 aliphatic heterocycles. The minimum absolute atomic E-state index is 0.136. The van der Waals surface area contributed by atoms with Crippen LogP contribution < -0.4 is 4.87 Å². The van der Waals surface area contributed by atoms with E-state index in [1.54, 1.807) is 0 Å². The average Bonchev–Trinajstić information content (AvgIpc) is 3.18. The van der Waals surface area contributed by atoms with Gasteiger partial charge in [0.15, 0.2) is 0 Å². The van der Waals surface area contributed by atoms with Crippen molar-refractivity contribution in [3.63, 3.8) is 0 Å². The molecule has 3 heterocycles. The standard InChI is InChI=1S/C16H26N4O2S/c1-14-13-23-16(22)20(14)11-10-17-6-8-18(9-7-17)12-15(21)19-4-2-3-5-19/h13H,2-12H2,1H3. The van der Waals surface area contributed by atoms with Gasteiger partial charge in [-0.3, -0.25) is 19.4 Å². The first-order valence-electron chi connectivity index (χ1n) is 8.51. The van der Waals surface area contributed by atoms with Gasteiger partial charge in [-0.25, -0.2) is 0 Å². The van der Waals surface area contributed by atoms with Crippen molar-refractivity contribution >= 4 is 17.2 Å². The average molecular weight is 338 g/mol. The third-order valence-electron chi connectivity index (χ3n) is 4.90. The Morgan fingerprint density at radius 2 is 1.70 bits per heavy atom. The molecule has 0 bridgehead atoms. The molecule has 1 aromatic heterocycles. The minimum atomic E-state index is 0.136. The summed E-state index contributed by atoms with van der Waals surface area (Å²) >= 11 is 1.28. The Morgan fingerprint density at radius 3 is 2.30 bits per heavy atom. The lowest BCUT2D eigenvalue weighted by molar-refractivity contribution is -0.131. The van der Waals surface area contributed by atoms with E-state index in [1.807, 2.05) is 21.8 Å². The Balaban J connectivity index is 1.40. The van der Waals surface area contributed by atoms with Gasteiger partial charge in [0.25, 0.3) is 0 Å². The van der Waals surface area contributed by atoms with Crippen molar-refractivity contribution < 1.29 is 4.79 Å². The summed E-state index contributed by atoms with van der Waals surface area (Å²) in [6, 6.07) is 0. The van der Waals surface area contributed by atoms with Crippen molar-refractivity contribution in [2.45, 2.75) is 26.3 Å². The topological polar surface area (TPSA) is 48.8 Å². The van der Waals surface area contributed by atoms with Gasteiger partial charge in [-0.2, -0.15) is 0 Å². The van der Waals surface area contributed by atoms with Crippen LogP contribution >= 0.6 is 11.3 Å². The first-order valence-corrected chi connectivity index (χ1v) is 9.39. The van der Waals surface area contributed by atoms with E-state index in [2.05, 4.69) is 9.80 Å². The number of rotatable bonds is 5. The van der Waals surface area contributed by atoms with Crippen molar-refractivity contribution in [1.82, 2.24) is 19.3 Å². The first-order chi connectivity index (χ1) is 11.1. The molecule has 0 saturated carbocycles. The SMILES string of the molecule is Cc1csc(=O)n1CCN1CCN(CC(=O)N2CCCC2)CC1. The van der Waals surface area contributed by atoms with Crippen LogP contribution in [0.15, 0.2) is 10.2 Å². The van der Waals surface area contributed by atoms with Crippen molar-refractivity contribution in [2.75, 3.05) is 52.4 Å². The fourth-order valence-electron chi connectivity index (χ4n) is 3.34. The van der Waals surface area contributed by atoms with E-state index in [0.717, 1.165) is 70.9 Å². The molecule has 128 valence electrons. The highest BCUT2D eigenvalue weighted by molar-refractivity contribution is 7.07. The van der Waals surface area contributed by atoms with E-state index < -0.39 is 0 Å². The van der Waals surface area contributed by atoms with E-state index in [4.69, 9.17) is 0 Å². The lowest BCUT2D eigenvalue weighted by Gasteiger charge is -2.35. The van der Waals surface area contributed by atoms with Crippen LogP contribution in [0, 0.1) is 6.92 Å². The van der Waals surface area contributed by atoms with Gasteiger partial charge in [-0.1, -0.05) is 11.3 Å². The molecule has 2 saturated heterocycles. The maximum atomic E-state index is 12.2. The molecule has 3 rings (SSSR count). The smallest absolute Gasteiger partial charge is 0.307 e. The molecule has 0 atom stereocenters. The summed E-state index contributed by atoms with van der Waals surface area (Å²) in [7, 11) is 0. The maximum Gasteiger partial charge on any atom is 0.307 e. The van der Waals surface area contributed by atoms with Crippen molar-refractivity contribution in [1.29, 1.82) is 0 Å². The number of piperazine rings is 1. The molecule has 0 unspecified atom stereocenters. The van der Waals surface area contributed by atoms with E-state index in [1.165, 1.54) is 11.3 Å². The van der Waals surface area contributed by atoms with Gasteiger partial charge in [0, 0.05) is 63.4 Å². The van der Waals surface area contributed by atoms with Crippen LogP contribution in [0.2, 0.25) is 0 Å². The van der Waals surface area contributed by atoms with E-state index >= 15 is 0 Å². The number of aryl methyl sites for hydroxylation is 1.